The zero-order valence-electron chi connectivity index (χ0n) is 18.9. The van der Waals surface area contributed by atoms with Gasteiger partial charge in [-0.1, -0.05) is 53.7 Å². The fourth-order valence-corrected chi connectivity index (χ4v) is 4.06. The summed E-state index contributed by atoms with van der Waals surface area (Å²) in [6.07, 6.45) is 0.592. The molecule has 0 N–H and O–H groups in total. The van der Waals surface area contributed by atoms with Gasteiger partial charge in [-0.25, -0.2) is 4.98 Å². The topological polar surface area (TPSA) is 61.5 Å². The second kappa shape index (κ2) is 9.53. The maximum absolute atomic E-state index is 5.98. The Labute approximate surface area is 202 Å². The number of benzene rings is 3. The molecular formula is C27H23ClN4O2. The standard InChI is InChI=1S/C27H23ClN4O2/c1-33-22-12-8-18(9-13-22)14-26-29-24(20-10-6-19(17-28)7-11-20)16-25-27(30-31-32(25)26)21-4-3-5-23(15-21)34-2/h3-13,15-16H,14,17H2,1-2H3. The fourth-order valence-electron chi connectivity index (χ4n) is 3.89. The van der Waals surface area contributed by atoms with Gasteiger partial charge in [0.15, 0.2) is 0 Å². The highest BCUT2D eigenvalue weighted by atomic mass is 35.5. The molecule has 5 rings (SSSR count). The maximum atomic E-state index is 5.98. The second-order valence-corrected chi connectivity index (χ2v) is 8.15. The van der Waals surface area contributed by atoms with Gasteiger partial charge in [0.2, 0.25) is 0 Å². The molecular weight excluding hydrogens is 448 g/mol. The molecule has 0 spiro atoms. The van der Waals surface area contributed by atoms with E-state index in [2.05, 4.69) is 10.3 Å². The van der Waals surface area contributed by atoms with Gasteiger partial charge >= 0.3 is 0 Å². The lowest BCUT2D eigenvalue weighted by Gasteiger charge is -2.10. The summed E-state index contributed by atoms with van der Waals surface area (Å²) in [5.74, 6) is 2.85. The molecule has 2 aromatic heterocycles. The number of nitrogens with zero attached hydrogens (tertiary/aromatic N) is 4. The monoisotopic (exact) mass is 470 g/mol. The molecule has 0 aliphatic rings. The molecule has 0 aliphatic carbocycles. The van der Waals surface area contributed by atoms with Crippen LogP contribution in [-0.4, -0.2) is 34.0 Å². The summed E-state index contributed by atoms with van der Waals surface area (Å²) in [7, 11) is 3.32. The van der Waals surface area contributed by atoms with Crippen LogP contribution in [0.4, 0.5) is 0 Å². The number of rotatable bonds is 7. The first-order valence-electron chi connectivity index (χ1n) is 10.9. The normalized spacial score (nSPS) is 11.0. The molecule has 0 bridgehead atoms. The highest BCUT2D eigenvalue weighted by Crippen LogP contribution is 2.29. The Morgan fingerprint density at radius 2 is 1.53 bits per heavy atom. The number of methoxy groups -OCH3 is 2. The van der Waals surface area contributed by atoms with Crippen LogP contribution >= 0.6 is 11.6 Å². The summed E-state index contributed by atoms with van der Waals surface area (Å²) >= 11 is 5.98. The highest BCUT2D eigenvalue weighted by molar-refractivity contribution is 6.17. The molecule has 6 nitrogen and oxygen atoms in total. The van der Waals surface area contributed by atoms with Crippen LogP contribution in [0.25, 0.3) is 28.0 Å². The summed E-state index contributed by atoms with van der Waals surface area (Å²) in [4.78, 5) is 4.98. The van der Waals surface area contributed by atoms with Crippen molar-refractivity contribution in [2.75, 3.05) is 14.2 Å². The van der Waals surface area contributed by atoms with Gasteiger partial charge in [0.25, 0.3) is 0 Å². The lowest BCUT2D eigenvalue weighted by molar-refractivity contribution is 0.414. The van der Waals surface area contributed by atoms with E-state index in [1.54, 1.807) is 14.2 Å². The van der Waals surface area contributed by atoms with Crippen LogP contribution in [0, 0.1) is 0 Å². The van der Waals surface area contributed by atoms with E-state index in [1.165, 1.54) is 0 Å². The Hall–Kier alpha value is -3.90. The van der Waals surface area contributed by atoms with Crippen LogP contribution in [0.15, 0.2) is 78.9 Å². The lowest BCUT2D eigenvalue weighted by Crippen LogP contribution is -2.05. The van der Waals surface area contributed by atoms with Crippen molar-refractivity contribution in [2.24, 2.45) is 0 Å². The summed E-state index contributed by atoms with van der Waals surface area (Å²) in [5.41, 5.74) is 6.60. The maximum Gasteiger partial charge on any atom is 0.137 e. The largest absolute Gasteiger partial charge is 0.497 e. The summed E-state index contributed by atoms with van der Waals surface area (Å²) in [5, 5.41) is 8.98. The van der Waals surface area contributed by atoms with E-state index in [1.807, 2.05) is 83.4 Å². The molecule has 170 valence electrons. The van der Waals surface area contributed by atoms with Gasteiger partial charge in [-0.05, 0) is 41.5 Å². The van der Waals surface area contributed by atoms with Crippen molar-refractivity contribution in [3.8, 4) is 34.0 Å². The minimum atomic E-state index is 0.474. The van der Waals surface area contributed by atoms with Gasteiger partial charge in [-0.3, -0.25) is 0 Å². The molecule has 7 heteroatoms. The zero-order valence-corrected chi connectivity index (χ0v) is 19.7. The number of fused-ring (bicyclic) bond motifs is 1. The lowest BCUT2D eigenvalue weighted by atomic mass is 10.1. The van der Waals surface area contributed by atoms with E-state index in [-0.39, 0.29) is 0 Å². The third-order valence-electron chi connectivity index (χ3n) is 5.74. The van der Waals surface area contributed by atoms with Crippen molar-refractivity contribution < 1.29 is 9.47 Å². The van der Waals surface area contributed by atoms with Crippen molar-refractivity contribution in [1.29, 1.82) is 0 Å². The molecule has 0 fully saturated rings. The number of ether oxygens (including phenoxy) is 2. The average molecular weight is 471 g/mol. The average Bonchev–Trinajstić information content (AvgIpc) is 3.33. The Morgan fingerprint density at radius 3 is 2.24 bits per heavy atom. The van der Waals surface area contributed by atoms with Crippen molar-refractivity contribution in [3.63, 3.8) is 0 Å². The number of alkyl halides is 1. The van der Waals surface area contributed by atoms with Gasteiger partial charge in [0.1, 0.15) is 23.0 Å². The van der Waals surface area contributed by atoms with Gasteiger partial charge in [-0.2, -0.15) is 4.52 Å². The molecule has 34 heavy (non-hydrogen) atoms. The summed E-state index contributed by atoms with van der Waals surface area (Å²) in [6.45, 7) is 0. The van der Waals surface area contributed by atoms with Crippen LogP contribution in [-0.2, 0) is 12.3 Å². The first kappa shape index (κ1) is 21.9. The first-order valence-corrected chi connectivity index (χ1v) is 11.4. The minimum Gasteiger partial charge on any atom is -0.497 e. The third-order valence-corrected chi connectivity index (χ3v) is 6.05. The third kappa shape index (κ3) is 4.32. The Balaban J connectivity index is 1.66. The number of aromatic nitrogens is 4. The molecule has 0 atom stereocenters. The Morgan fingerprint density at radius 1 is 0.794 bits per heavy atom. The quantitative estimate of drug-likeness (QED) is 0.281. The molecule has 0 saturated heterocycles. The van der Waals surface area contributed by atoms with Gasteiger partial charge in [-0.15, -0.1) is 16.7 Å². The van der Waals surface area contributed by atoms with Crippen molar-refractivity contribution >= 4 is 17.1 Å². The Bertz CT molecular complexity index is 1430. The number of halogens is 1. The van der Waals surface area contributed by atoms with Crippen LogP contribution < -0.4 is 9.47 Å². The van der Waals surface area contributed by atoms with Crippen LogP contribution in [0.1, 0.15) is 17.0 Å². The molecule has 0 unspecified atom stereocenters. The molecule has 2 heterocycles. The van der Waals surface area contributed by atoms with Crippen LogP contribution in [0.5, 0.6) is 11.5 Å². The highest BCUT2D eigenvalue weighted by Gasteiger charge is 2.16. The molecule has 5 aromatic rings. The smallest absolute Gasteiger partial charge is 0.137 e. The molecule has 0 saturated carbocycles. The predicted molar refractivity (Wildman–Crippen MR) is 134 cm³/mol. The number of hydrogen-bond donors (Lipinski definition) is 0. The van der Waals surface area contributed by atoms with E-state index in [4.69, 9.17) is 26.1 Å². The second-order valence-electron chi connectivity index (χ2n) is 7.88. The van der Waals surface area contributed by atoms with Crippen molar-refractivity contribution in [1.82, 2.24) is 19.8 Å². The van der Waals surface area contributed by atoms with E-state index < -0.39 is 0 Å². The molecule has 3 aromatic carbocycles. The van der Waals surface area contributed by atoms with E-state index in [0.717, 1.165) is 56.5 Å². The molecule has 0 amide bonds. The Kier molecular flexibility index (Phi) is 6.14. The fraction of sp³-hybridized carbons (Fsp3) is 0.148. The van der Waals surface area contributed by atoms with E-state index in [0.29, 0.717) is 12.3 Å². The van der Waals surface area contributed by atoms with Crippen LogP contribution in [0.2, 0.25) is 0 Å². The summed E-state index contributed by atoms with van der Waals surface area (Å²) in [6, 6.07) is 26.0. The van der Waals surface area contributed by atoms with Gasteiger partial charge in [0, 0.05) is 23.4 Å². The molecule has 0 radical (unpaired) electrons. The summed E-state index contributed by atoms with van der Waals surface area (Å²) < 4.78 is 12.5. The zero-order chi connectivity index (χ0) is 23.5. The van der Waals surface area contributed by atoms with Crippen molar-refractivity contribution in [2.45, 2.75) is 12.3 Å². The van der Waals surface area contributed by atoms with Crippen LogP contribution in [0.3, 0.4) is 0 Å². The SMILES string of the molecule is COc1ccc(Cc2nc(-c3ccc(CCl)cc3)cc3c(-c4cccc(OC)c4)nnn23)cc1. The van der Waals surface area contributed by atoms with E-state index >= 15 is 0 Å². The van der Waals surface area contributed by atoms with E-state index in [9.17, 15) is 0 Å². The van der Waals surface area contributed by atoms with Crippen molar-refractivity contribution in [3.05, 3.63) is 95.8 Å². The predicted octanol–water partition coefficient (Wildman–Crippen LogP) is 5.81. The van der Waals surface area contributed by atoms with Gasteiger partial charge < -0.3 is 9.47 Å². The number of hydrogen-bond acceptors (Lipinski definition) is 5. The first-order chi connectivity index (χ1) is 16.7. The van der Waals surface area contributed by atoms with Gasteiger partial charge in [0.05, 0.1) is 25.4 Å². The minimum absolute atomic E-state index is 0.474. The molecule has 0 aliphatic heterocycles.